The SMILES string of the molecule is Cc1ccc(NC(=O)COC(=O)C2=NC=CN3CCS(=O)(=O)N=C23)cc1. The van der Waals surface area contributed by atoms with Gasteiger partial charge in [-0.05, 0) is 19.1 Å². The number of rotatable bonds is 4. The summed E-state index contributed by atoms with van der Waals surface area (Å²) < 4.78 is 31.8. The third-order valence-corrected chi connectivity index (χ3v) is 4.76. The minimum atomic E-state index is -3.65. The van der Waals surface area contributed by atoms with Gasteiger partial charge < -0.3 is 15.0 Å². The van der Waals surface area contributed by atoms with Crippen LogP contribution in [0.2, 0.25) is 0 Å². The van der Waals surface area contributed by atoms with Crippen molar-refractivity contribution in [2.75, 3.05) is 24.2 Å². The summed E-state index contributed by atoms with van der Waals surface area (Å²) in [5.74, 6) is -1.69. The highest BCUT2D eigenvalue weighted by molar-refractivity contribution is 7.90. The van der Waals surface area contributed by atoms with Crippen molar-refractivity contribution in [2.24, 2.45) is 9.39 Å². The Hall–Kier alpha value is -3.01. The summed E-state index contributed by atoms with van der Waals surface area (Å²) in [6.07, 6.45) is 2.87. The quantitative estimate of drug-likeness (QED) is 0.762. The number of fused-ring (bicyclic) bond motifs is 1. The Morgan fingerprint density at radius 1 is 1.27 bits per heavy atom. The lowest BCUT2D eigenvalue weighted by Crippen LogP contribution is -2.45. The minimum Gasteiger partial charge on any atom is -0.451 e. The number of nitrogens with one attached hydrogen (secondary N) is 1. The van der Waals surface area contributed by atoms with Gasteiger partial charge in [0.1, 0.15) is 0 Å². The van der Waals surface area contributed by atoms with Gasteiger partial charge in [-0.25, -0.2) is 18.2 Å². The molecule has 1 aromatic rings. The molecule has 0 fully saturated rings. The predicted molar refractivity (Wildman–Crippen MR) is 95.3 cm³/mol. The van der Waals surface area contributed by atoms with E-state index in [0.29, 0.717) is 5.69 Å². The number of hydrogen-bond acceptors (Lipinski definition) is 7. The van der Waals surface area contributed by atoms with Crippen LogP contribution in [0.3, 0.4) is 0 Å². The molecular formula is C16H16N4O5S. The molecule has 1 N–H and O–H groups in total. The van der Waals surface area contributed by atoms with E-state index in [2.05, 4.69) is 14.7 Å². The number of amidine groups is 1. The summed E-state index contributed by atoms with van der Waals surface area (Å²) in [4.78, 5) is 29.4. The van der Waals surface area contributed by atoms with Crippen molar-refractivity contribution in [3.05, 3.63) is 42.2 Å². The first-order chi connectivity index (χ1) is 12.3. The van der Waals surface area contributed by atoms with Gasteiger partial charge in [0.15, 0.2) is 18.2 Å². The first-order valence-corrected chi connectivity index (χ1v) is 9.33. The van der Waals surface area contributed by atoms with E-state index in [1.54, 1.807) is 12.1 Å². The number of amides is 1. The topological polar surface area (TPSA) is 117 Å². The van der Waals surface area contributed by atoms with Crippen LogP contribution < -0.4 is 5.32 Å². The van der Waals surface area contributed by atoms with Gasteiger partial charge in [-0.1, -0.05) is 17.7 Å². The van der Waals surface area contributed by atoms with Crippen LogP contribution >= 0.6 is 0 Å². The zero-order valence-electron chi connectivity index (χ0n) is 13.9. The van der Waals surface area contributed by atoms with E-state index in [4.69, 9.17) is 4.74 Å². The Morgan fingerprint density at radius 3 is 2.73 bits per heavy atom. The molecule has 26 heavy (non-hydrogen) atoms. The number of aryl methyl sites for hydroxylation is 1. The maximum absolute atomic E-state index is 12.2. The van der Waals surface area contributed by atoms with E-state index in [1.807, 2.05) is 19.1 Å². The summed E-state index contributed by atoms with van der Waals surface area (Å²) in [5.41, 5.74) is 1.37. The molecule has 0 saturated heterocycles. The van der Waals surface area contributed by atoms with Crippen molar-refractivity contribution in [3.63, 3.8) is 0 Å². The van der Waals surface area contributed by atoms with Gasteiger partial charge in [0.2, 0.25) is 0 Å². The molecule has 10 heteroatoms. The summed E-state index contributed by atoms with van der Waals surface area (Å²) in [5, 5.41) is 2.59. The Kier molecular flexibility index (Phi) is 4.85. The standard InChI is InChI=1S/C16H16N4O5S/c1-11-2-4-12(5-3-11)18-13(21)10-25-16(22)14-15-19-26(23,24)9-8-20(15)7-6-17-14/h2-7H,8-10H2,1H3,(H,18,21). The Morgan fingerprint density at radius 2 is 2.00 bits per heavy atom. The Labute approximate surface area is 150 Å². The summed E-state index contributed by atoms with van der Waals surface area (Å²) in [7, 11) is -3.65. The van der Waals surface area contributed by atoms with Crippen LogP contribution in [-0.2, 0) is 24.3 Å². The number of nitrogens with zero attached hydrogens (tertiary/aromatic N) is 3. The van der Waals surface area contributed by atoms with Crippen molar-refractivity contribution >= 4 is 39.1 Å². The average molecular weight is 376 g/mol. The number of carbonyl (C=O) groups is 2. The molecule has 1 amide bonds. The monoisotopic (exact) mass is 376 g/mol. The largest absolute Gasteiger partial charge is 0.451 e. The van der Waals surface area contributed by atoms with Crippen molar-refractivity contribution in [1.82, 2.24) is 4.90 Å². The Bertz CT molecular complexity index is 932. The molecule has 3 rings (SSSR count). The lowest BCUT2D eigenvalue weighted by molar-refractivity contribution is -0.140. The van der Waals surface area contributed by atoms with Crippen LogP contribution in [0.5, 0.6) is 0 Å². The molecule has 0 aliphatic carbocycles. The maximum atomic E-state index is 12.2. The fourth-order valence-corrected chi connectivity index (χ4v) is 3.27. The number of ether oxygens (including phenoxy) is 1. The number of aliphatic imine (C=N–C) groups is 1. The molecule has 0 radical (unpaired) electrons. The smallest absolute Gasteiger partial charge is 0.361 e. The average Bonchev–Trinajstić information content (AvgIpc) is 2.60. The van der Waals surface area contributed by atoms with E-state index in [1.165, 1.54) is 17.3 Å². The summed E-state index contributed by atoms with van der Waals surface area (Å²) in [6.45, 7) is 1.55. The van der Waals surface area contributed by atoms with E-state index in [9.17, 15) is 18.0 Å². The van der Waals surface area contributed by atoms with Crippen LogP contribution in [0.4, 0.5) is 5.69 Å². The number of anilines is 1. The van der Waals surface area contributed by atoms with Crippen LogP contribution in [-0.4, -0.2) is 55.6 Å². The number of carbonyl (C=O) groups excluding carboxylic acids is 2. The molecule has 2 heterocycles. The van der Waals surface area contributed by atoms with Crippen molar-refractivity contribution in [1.29, 1.82) is 0 Å². The molecule has 1 aromatic carbocycles. The third-order valence-electron chi connectivity index (χ3n) is 3.61. The molecule has 9 nitrogen and oxygen atoms in total. The lowest BCUT2D eigenvalue weighted by Gasteiger charge is -2.27. The second-order valence-electron chi connectivity index (χ2n) is 5.66. The van der Waals surface area contributed by atoms with Gasteiger partial charge >= 0.3 is 5.97 Å². The van der Waals surface area contributed by atoms with E-state index >= 15 is 0 Å². The zero-order valence-corrected chi connectivity index (χ0v) is 14.7. The molecular weight excluding hydrogens is 360 g/mol. The maximum Gasteiger partial charge on any atom is 0.361 e. The summed E-state index contributed by atoms with van der Waals surface area (Å²) >= 11 is 0. The van der Waals surface area contributed by atoms with E-state index in [-0.39, 0.29) is 23.8 Å². The zero-order chi connectivity index (χ0) is 18.7. The van der Waals surface area contributed by atoms with Crippen molar-refractivity contribution in [3.8, 4) is 0 Å². The van der Waals surface area contributed by atoms with E-state index in [0.717, 1.165) is 5.56 Å². The van der Waals surface area contributed by atoms with Crippen LogP contribution in [0, 0.1) is 6.92 Å². The van der Waals surface area contributed by atoms with Gasteiger partial charge in [-0.3, -0.25) is 4.79 Å². The fourth-order valence-electron chi connectivity index (χ4n) is 2.30. The molecule has 2 aliphatic heterocycles. The second kappa shape index (κ2) is 7.08. The van der Waals surface area contributed by atoms with Gasteiger partial charge in [-0.2, -0.15) is 0 Å². The number of sulfonamides is 1. The highest BCUT2D eigenvalue weighted by Crippen LogP contribution is 2.13. The second-order valence-corrected chi connectivity index (χ2v) is 7.42. The van der Waals surface area contributed by atoms with Gasteiger partial charge in [0.25, 0.3) is 15.9 Å². The van der Waals surface area contributed by atoms with Gasteiger partial charge in [-0.15, -0.1) is 4.40 Å². The first-order valence-electron chi connectivity index (χ1n) is 7.72. The van der Waals surface area contributed by atoms with Crippen molar-refractivity contribution in [2.45, 2.75) is 6.92 Å². The third kappa shape index (κ3) is 4.14. The van der Waals surface area contributed by atoms with E-state index < -0.39 is 28.5 Å². The number of esters is 1. The highest BCUT2D eigenvalue weighted by Gasteiger charge is 2.32. The van der Waals surface area contributed by atoms with Crippen LogP contribution in [0.25, 0.3) is 0 Å². The molecule has 0 aromatic heterocycles. The fraction of sp³-hybridized carbons (Fsp3) is 0.250. The molecule has 0 saturated carbocycles. The molecule has 2 aliphatic rings. The molecule has 0 bridgehead atoms. The lowest BCUT2D eigenvalue weighted by atomic mass is 10.2. The number of benzene rings is 1. The van der Waals surface area contributed by atoms with Crippen LogP contribution in [0.1, 0.15) is 5.56 Å². The first kappa shape index (κ1) is 17.8. The summed E-state index contributed by atoms with van der Waals surface area (Å²) in [6, 6.07) is 7.12. The predicted octanol–water partition coefficient (Wildman–Crippen LogP) is 0.446. The van der Waals surface area contributed by atoms with Crippen molar-refractivity contribution < 1.29 is 22.7 Å². The van der Waals surface area contributed by atoms with Crippen LogP contribution in [0.15, 0.2) is 46.1 Å². The normalized spacial score (nSPS) is 17.7. The molecule has 136 valence electrons. The van der Waals surface area contributed by atoms with Gasteiger partial charge in [0, 0.05) is 24.6 Å². The Balaban J connectivity index is 1.63. The minimum absolute atomic E-state index is 0.0947. The highest BCUT2D eigenvalue weighted by atomic mass is 32.2. The molecule has 0 unspecified atom stereocenters. The molecule has 0 atom stereocenters. The van der Waals surface area contributed by atoms with Gasteiger partial charge in [0.05, 0.1) is 5.75 Å². The molecule has 0 spiro atoms. The number of hydrogen-bond donors (Lipinski definition) is 1.